The number of halogens is 1. The Morgan fingerprint density at radius 2 is 1.91 bits per heavy atom. The van der Waals surface area contributed by atoms with Gasteiger partial charge in [0.15, 0.2) is 5.11 Å². The minimum Gasteiger partial charge on any atom is -0.376 e. The summed E-state index contributed by atoms with van der Waals surface area (Å²) in [5.74, 6) is -0.414. The van der Waals surface area contributed by atoms with E-state index in [0.29, 0.717) is 27.9 Å². The zero-order valence-corrected chi connectivity index (χ0v) is 19.4. The smallest absolute Gasteiger partial charge is 0.262 e. The maximum absolute atomic E-state index is 12.5. The van der Waals surface area contributed by atoms with E-state index >= 15 is 0 Å². The van der Waals surface area contributed by atoms with Crippen molar-refractivity contribution in [3.05, 3.63) is 65.2 Å². The molecule has 8 nitrogen and oxygen atoms in total. The molecule has 0 saturated carbocycles. The Balaban J connectivity index is 1.48. The van der Waals surface area contributed by atoms with Crippen molar-refractivity contribution in [2.45, 2.75) is 23.8 Å². The molecular formula is C21H23ClN4O4S2. The van der Waals surface area contributed by atoms with Crippen LogP contribution >= 0.6 is 23.8 Å². The van der Waals surface area contributed by atoms with E-state index in [-0.39, 0.29) is 11.0 Å². The van der Waals surface area contributed by atoms with Gasteiger partial charge in [0, 0.05) is 19.2 Å². The number of para-hydroxylation sites is 1. The normalized spacial score (nSPS) is 16.0. The topological polar surface area (TPSA) is 109 Å². The molecule has 2 aromatic carbocycles. The standard InChI is InChI=1S/C21H23ClN4O4S2/c22-18-5-1-2-6-19(18)26-32(28,29)17-10-7-15(8-11-17)9-12-20(27)24-25-21(31)23-14-16-4-3-13-30-16/h1-2,5-12,16,26H,3-4,13-14H2,(H,24,27)(H2,23,25,31)/t16-/m1/s1. The zero-order valence-electron chi connectivity index (χ0n) is 17.0. The van der Waals surface area contributed by atoms with Crippen LogP contribution in [0.5, 0.6) is 0 Å². The van der Waals surface area contributed by atoms with Crippen LogP contribution in [0.15, 0.2) is 59.5 Å². The van der Waals surface area contributed by atoms with Crippen molar-refractivity contribution in [2.24, 2.45) is 0 Å². The van der Waals surface area contributed by atoms with E-state index in [4.69, 9.17) is 28.6 Å². The number of carbonyl (C=O) groups is 1. The molecule has 0 aliphatic carbocycles. The van der Waals surface area contributed by atoms with Gasteiger partial charge in [0.2, 0.25) is 0 Å². The summed E-state index contributed by atoms with van der Waals surface area (Å²) < 4.78 is 33.0. The third kappa shape index (κ3) is 7.20. The second-order valence-corrected chi connectivity index (χ2v) is 9.44. The summed E-state index contributed by atoms with van der Waals surface area (Å²) >= 11 is 11.1. The van der Waals surface area contributed by atoms with Gasteiger partial charge in [-0.3, -0.25) is 20.4 Å². The number of hydrogen-bond acceptors (Lipinski definition) is 5. The number of sulfonamides is 1. The molecule has 1 aliphatic rings. The number of rotatable bonds is 7. The maximum atomic E-state index is 12.5. The number of anilines is 1. The number of nitrogens with one attached hydrogen (secondary N) is 4. The van der Waals surface area contributed by atoms with E-state index in [2.05, 4.69) is 20.9 Å². The van der Waals surface area contributed by atoms with Crippen molar-refractivity contribution in [1.82, 2.24) is 16.2 Å². The van der Waals surface area contributed by atoms with Gasteiger partial charge in [-0.1, -0.05) is 35.9 Å². The average Bonchev–Trinajstić information content (AvgIpc) is 3.30. The van der Waals surface area contributed by atoms with Crippen LogP contribution in [0.4, 0.5) is 5.69 Å². The van der Waals surface area contributed by atoms with Crippen molar-refractivity contribution in [3.8, 4) is 0 Å². The van der Waals surface area contributed by atoms with E-state index in [9.17, 15) is 13.2 Å². The Kier molecular flexibility index (Phi) is 8.46. The number of amides is 1. The van der Waals surface area contributed by atoms with Crippen LogP contribution in [0.3, 0.4) is 0 Å². The first kappa shape index (κ1) is 24.0. The van der Waals surface area contributed by atoms with Crippen molar-refractivity contribution < 1.29 is 17.9 Å². The lowest BCUT2D eigenvalue weighted by Gasteiger charge is -2.13. The van der Waals surface area contributed by atoms with E-state index in [0.717, 1.165) is 19.4 Å². The van der Waals surface area contributed by atoms with Crippen molar-refractivity contribution in [3.63, 3.8) is 0 Å². The fourth-order valence-electron chi connectivity index (χ4n) is 2.89. The molecule has 32 heavy (non-hydrogen) atoms. The Morgan fingerprint density at radius 3 is 2.59 bits per heavy atom. The van der Waals surface area contributed by atoms with Gasteiger partial charge in [-0.15, -0.1) is 0 Å². The fraction of sp³-hybridized carbons (Fsp3) is 0.238. The molecule has 4 N–H and O–H groups in total. The number of benzene rings is 2. The second kappa shape index (κ2) is 11.3. The molecule has 1 aliphatic heterocycles. The van der Waals surface area contributed by atoms with Gasteiger partial charge in [-0.05, 0) is 61.0 Å². The SMILES string of the molecule is O=C(C=Cc1ccc(S(=O)(=O)Nc2ccccc2Cl)cc1)NNC(=S)NC[C@H]1CCCO1. The van der Waals surface area contributed by atoms with Gasteiger partial charge in [-0.25, -0.2) is 8.42 Å². The van der Waals surface area contributed by atoms with Gasteiger partial charge in [0.05, 0.1) is 21.7 Å². The highest BCUT2D eigenvalue weighted by Gasteiger charge is 2.16. The number of hydrogen-bond donors (Lipinski definition) is 4. The Bertz CT molecular complexity index is 1090. The van der Waals surface area contributed by atoms with Crippen LogP contribution in [0, 0.1) is 0 Å². The maximum Gasteiger partial charge on any atom is 0.262 e. The molecule has 1 atom stereocenters. The minimum absolute atomic E-state index is 0.0725. The summed E-state index contributed by atoms with van der Waals surface area (Å²) in [7, 11) is -3.79. The molecule has 0 spiro atoms. The summed E-state index contributed by atoms with van der Waals surface area (Å²) in [6.45, 7) is 1.34. The largest absolute Gasteiger partial charge is 0.376 e. The molecule has 1 saturated heterocycles. The first-order valence-electron chi connectivity index (χ1n) is 9.84. The van der Waals surface area contributed by atoms with E-state index in [1.165, 1.54) is 18.2 Å². The number of thiocarbonyl (C=S) groups is 1. The van der Waals surface area contributed by atoms with Crippen LogP contribution < -0.4 is 20.9 Å². The predicted octanol–water partition coefficient (Wildman–Crippen LogP) is 2.83. The van der Waals surface area contributed by atoms with Gasteiger partial charge in [0.1, 0.15) is 0 Å². The number of ether oxygens (including phenoxy) is 1. The molecular weight excluding hydrogens is 472 g/mol. The zero-order chi connectivity index (χ0) is 23.0. The Morgan fingerprint density at radius 1 is 1.16 bits per heavy atom. The lowest BCUT2D eigenvalue weighted by atomic mass is 10.2. The van der Waals surface area contributed by atoms with Crippen LogP contribution in [0.1, 0.15) is 18.4 Å². The third-order valence-electron chi connectivity index (χ3n) is 4.55. The molecule has 2 aromatic rings. The molecule has 0 bridgehead atoms. The van der Waals surface area contributed by atoms with E-state index in [1.54, 1.807) is 42.5 Å². The molecule has 11 heteroatoms. The summed E-state index contributed by atoms with van der Waals surface area (Å²) in [6, 6.07) is 12.6. The van der Waals surface area contributed by atoms with E-state index in [1.807, 2.05) is 0 Å². The summed E-state index contributed by atoms with van der Waals surface area (Å²) in [6.07, 6.45) is 5.02. The third-order valence-corrected chi connectivity index (χ3v) is 6.51. The summed E-state index contributed by atoms with van der Waals surface area (Å²) in [5, 5.41) is 3.58. The molecule has 3 rings (SSSR count). The van der Waals surface area contributed by atoms with Crippen LogP contribution in [0.2, 0.25) is 5.02 Å². The van der Waals surface area contributed by atoms with E-state index < -0.39 is 15.9 Å². The number of carbonyl (C=O) groups excluding carboxylic acids is 1. The lowest BCUT2D eigenvalue weighted by molar-refractivity contribution is -0.116. The number of hydrazine groups is 1. The quantitative estimate of drug-likeness (QED) is 0.266. The minimum atomic E-state index is -3.79. The first-order chi connectivity index (χ1) is 15.3. The van der Waals surface area contributed by atoms with Crippen LogP contribution in [0.25, 0.3) is 6.08 Å². The van der Waals surface area contributed by atoms with Gasteiger partial charge in [0.25, 0.3) is 15.9 Å². The molecule has 0 aromatic heterocycles. The second-order valence-electron chi connectivity index (χ2n) is 6.95. The molecule has 170 valence electrons. The predicted molar refractivity (Wildman–Crippen MR) is 129 cm³/mol. The molecule has 1 heterocycles. The average molecular weight is 495 g/mol. The van der Waals surface area contributed by atoms with Crippen molar-refractivity contribution >= 4 is 56.6 Å². The lowest BCUT2D eigenvalue weighted by Crippen LogP contribution is -2.47. The summed E-state index contributed by atoms with van der Waals surface area (Å²) in [4.78, 5) is 12.0. The summed E-state index contributed by atoms with van der Waals surface area (Å²) in [5.41, 5.74) is 6.02. The van der Waals surface area contributed by atoms with Gasteiger partial charge >= 0.3 is 0 Å². The first-order valence-corrected chi connectivity index (χ1v) is 12.1. The van der Waals surface area contributed by atoms with Crippen LogP contribution in [-0.2, 0) is 19.6 Å². The molecule has 0 unspecified atom stereocenters. The molecule has 1 amide bonds. The Labute approximate surface area is 197 Å². The highest BCUT2D eigenvalue weighted by Crippen LogP contribution is 2.24. The Hall–Kier alpha value is -2.66. The van der Waals surface area contributed by atoms with Gasteiger partial charge < -0.3 is 10.1 Å². The highest BCUT2D eigenvalue weighted by molar-refractivity contribution is 7.92. The molecule has 0 radical (unpaired) electrons. The van der Waals surface area contributed by atoms with Crippen LogP contribution in [-0.4, -0.2) is 38.7 Å². The fourth-order valence-corrected chi connectivity index (χ4v) is 4.35. The van der Waals surface area contributed by atoms with Crippen molar-refractivity contribution in [1.29, 1.82) is 0 Å². The van der Waals surface area contributed by atoms with Gasteiger partial charge in [-0.2, -0.15) is 0 Å². The highest BCUT2D eigenvalue weighted by atomic mass is 35.5. The molecule has 1 fully saturated rings. The van der Waals surface area contributed by atoms with Crippen molar-refractivity contribution in [2.75, 3.05) is 17.9 Å². The monoisotopic (exact) mass is 494 g/mol.